The minimum atomic E-state index is -4.47. The lowest BCUT2D eigenvalue weighted by Crippen LogP contribution is -2.31. The molecule has 1 atom stereocenters. The van der Waals surface area contributed by atoms with Crippen LogP contribution in [0.5, 0.6) is 6.01 Å². The van der Waals surface area contributed by atoms with E-state index in [-0.39, 0.29) is 12.1 Å². The maximum atomic E-state index is 12.4. The van der Waals surface area contributed by atoms with Gasteiger partial charge >= 0.3 is 12.2 Å². The molecular formula is C11H14F3N3O. The number of nitrogens with zero attached hydrogens (tertiary/aromatic N) is 3. The zero-order valence-electron chi connectivity index (χ0n) is 9.94. The lowest BCUT2D eigenvalue weighted by atomic mass is 10.2. The number of likely N-dealkylation sites (tertiary alicyclic amines) is 1. The predicted octanol–water partition coefficient (Wildman–Crippen LogP) is 1.97. The number of hydrogen-bond acceptors (Lipinski definition) is 4. The average molecular weight is 261 g/mol. The van der Waals surface area contributed by atoms with Crippen molar-refractivity contribution in [2.45, 2.75) is 25.1 Å². The molecule has 0 amide bonds. The molecule has 1 aromatic heterocycles. The lowest BCUT2D eigenvalue weighted by Gasteiger charge is -2.18. The lowest BCUT2D eigenvalue weighted by molar-refractivity contribution is -0.141. The van der Waals surface area contributed by atoms with Gasteiger partial charge in [0.2, 0.25) is 0 Å². The van der Waals surface area contributed by atoms with Crippen molar-refractivity contribution < 1.29 is 17.9 Å². The second-order valence-electron chi connectivity index (χ2n) is 4.31. The van der Waals surface area contributed by atoms with Crippen LogP contribution in [0.2, 0.25) is 0 Å². The van der Waals surface area contributed by atoms with Gasteiger partial charge in [-0.25, -0.2) is 4.98 Å². The smallest absolute Gasteiger partial charge is 0.433 e. The van der Waals surface area contributed by atoms with Crippen LogP contribution >= 0.6 is 0 Å². The van der Waals surface area contributed by atoms with Crippen LogP contribution in [0, 0.1) is 0 Å². The molecule has 0 spiro atoms. The Morgan fingerprint density at radius 1 is 1.50 bits per heavy atom. The van der Waals surface area contributed by atoms with E-state index in [1.54, 1.807) is 0 Å². The largest absolute Gasteiger partial charge is 0.462 e. The van der Waals surface area contributed by atoms with Crippen molar-refractivity contribution in [2.75, 3.05) is 20.2 Å². The molecule has 18 heavy (non-hydrogen) atoms. The Kier molecular flexibility index (Phi) is 3.70. The summed E-state index contributed by atoms with van der Waals surface area (Å²) >= 11 is 0. The summed E-state index contributed by atoms with van der Waals surface area (Å²) in [6.45, 7) is 1.30. The van der Waals surface area contributed by atoms with Gasteiger partial charge in [0.1, 0.15) is 6.61 Å². The second kappa shape index (κ2) is 5.09. The maximum absolute atomic E-state index is 12.4. The summed E-state index contributed by atoms with van der Waals surface area (Å²) in [4.78, 5) is 9.16. The average Bonchev–Trinajstić information content (AvgIpc) is 2.72. The van der Waals surface area contributed by atoms with Crippen LogP contribution in [-0.4, -0.2) is 41.1 Å². The predicted molar refractivity (Wildman–Crippen MR) is 58.2 cm³/mol. The van der Waals surface area contributed by atoms with E-state index in [4.69, 9.17) is 4.74 Å². The molecule has 1 aliphatic heterocycles. The van der Waals surface area contributed by atoms with Crippen molar-refractivity contribution in [1.29, 1.82) is 0 Å². The Hall–Kier alpha value is -1.37. The highest BCUT2D eigenvalue weighted by Crippen LogP contribution is 2.28. The molecule has 7 heteroatoms. The van der Waals surface area contributed by atoms with Gasteiger partial charge < -0.3 is 9.64 Å². The van der Waals surface area contributed by atoms with Crippen molar-refractivity contribution in [3.05, 3.63) is 18.0 Å². The Labute approximate surface area is 103 Å². The molecule has 0 N–H and O–H groups in total. The molecule has 0 aromatic carbocycles. The molecular weight excluding hydrogens is 247 g/mol. The SMILES string of the molecule is CN1CCCC1COc1nccc(C(F)(F)F)n1. The summed E-state index contributed by atoms with van der Waals surface area (Å²) in [5.74, 6) is 0. The summed E-state index contributed by atoms with van der Waals surface area (Å²) < 4.78 is 42.5. The monoisotopic (exact) mass is 261 g/mol. The molecule has 0 radical (unpaired) electrons. The fraction of sp³-hybridized carbons (Fsp3) is 0.636. The standard InChI is InChI=1S/C11H14F3N3O/c1-17-6-2-3-8(17)7-18-10-15-5-4-9(16-10)11(12,13)14/h4-5,8H,2-3,6-7H2,1H3. The van der Waals surface area contributed by atoms with Crippen molar-refractivity contribution in [1.82, 2.24) is 14.9 Å². The minimum Gasteiger partial charge on any atom is -0.462 e. The zero-order valence-corrected chi connectivity index (χ0v) is 9.94. The number of hydrogen-bond donors (Lipinski definition) is 0. The number of halogens is 3. The molecule has 0 aliphatic carbocycles. The van der Waals surface area contributed by atoms with Crippen molar-refractivity contribution in [3.63, 3.8) is 0 Å². The molecule has 1 fully saturated rings. The topological polar surface area (TPSA) is 38.2 Å². The van der Waals surface area contributed by atoms with Crippen LogP contribution in [0.3, 0.4) is 0 Å². The number of rotatable bonds is 3. The van der Waals surface area contributed by atoms with Crippen LogP contribution in [-0.2, 0) is 6.18 Å². The van der Waals surface area contributed by atoms with Crippen LogP contribution in [0.4, 0.5) is 13.2 Å². The Morgan fingerprint density at radius 3 is 2.89 bits per heavy atom. The maximum Gasteiger partial charge on any atom is 0.433 e. The Morgan fingerprint density at radius 2 is 2.28 bits per heavy atom. The van der Waals surface area contributed by atoms with Gasteiger partial charge in [-0.3, -0.25) is 0 Å². The van der Waals surface area contributed by atoms with Gasteiger partial charge in [-0.2, -0.15) is 18.2 Å². The number of ether oxygens (including phenoxy) is 1. The molecule has 100 valence electrons. The van der Waals surface area contributed by atoms with Crippen molar-refractivity contribution in [2.24, 2.45) is 0 Å². The van der Waals surface area contributed by atoms with Gasteiger partial charge in [-0.1, -0.05) is 0 Å². The Balaban J connectivity index is 1.97. The van der Waals surface area contributed by atoms with E-state index < -0.39 is 11.9 Å². The third kappa shape index (κ3) is 3.10. The normalized spacial score (nSPS) is 21.2. The molecule has 2 heterocycles. The van der Waals surface area contributed by atoms with E-state index in [0.717, 1.165) is 31.6 Å². The highest BCUT2D eigenvalue weighted by molar-refractivity contribution is 5.08. The van der Waals surface area contributed by atoms with Crippen molar-refractivity contribution >= 4 is 0 Å². The van der Waals surface area contributed by atoms with Crippen LogP contribution in [0.15, 0.2) is 12.3 Å². The number of likely N-dealkylation sites (N-methyl/N-ethyl adjacent to an activating group) is 1. The summed E-state index contributed by atoms with van der Waals surface area (Å²) in [5, 5.41) is 0. The molecule has 4 nitrogen and oxygen atoms in total. The van der Waals surface area contributed by atoms with E-state index in [2.05, 4.69) is 14.9 Å². The fourth-order valence-corrected chi connectivity index (χ4v) is 1.93. The van der Waals surface area contributed by atoms with E-state index in [1.165, 1.54) is 0 Å². The molecule has 2 rings (SSSR count). The van der Waals surface area contributed by atoms with Gasteiger partial charge in [-0.15, -0.1) is 0 Å². The highest BCUT2D eigenvalue weighted by Gasteiger charge is 2.33. The van der Waals surface area contributed by atoms with Gasteiger partial charge in [0.15, 0.2) is 5.69 Å². The van der Waals surface area contributed by atoms with E-state index in [1.807, 2.05) is 7.05 Å². The molecule has 1 saturated heterocycles. The summed E-state index contributed by atoms with van der Waals surface area (Å²) in [5.41, 5.74) is -0.979. The van der Waals surface area contributed by atoms with Gasteiger partial charge in [-0.05, 0) is 32.5 Å². The first kappa shape index (κ1) is 13.1. The van der Waals surface area contributed by atoms with Crippen molar-refractivity contribution in [3.8, 4) is 6.01 Å². The highest BCUT2D eigenvalue weighted by atomic mass is 19.4. The van der Waals surface area contributed by atoms with E-state index in [0.29, 0.717) is 6.61 Å². The summed E-state index contributed by atoms with van der Waals surface area (Å²) in [6.07, 6.45) is -1.35. The number of aromatic nitrogens is 2. The number of alkyl halides is 3. The third-order valence-electron chi connectivity index (χ3n) is 3.00. The molecule has 1 aliphatic rings. The minimum absolute atomic E-state index is 0.217. The molecule has 0 saturated carbocycles. The fourth-order valence-electron chi connectivity index (χ4n) is 1.93. The van der Waals surface area contributed by atoms with Gasteiger partial charge in [0, 0.05) is 12.2 Å². The molecule has 1 unspecified atom stereocenters. The van der Waals surface area contributed by atoms with E-state index in [9.17, 15) is 13.2 Å². The van der Waals surface area contributed by atoms with Gasteiger partial charge in [0.25, 0.3) is 0 Å². The summed E-state index contributed by atoms with van der Waals surface area (Å²) in [6, 6.07) is 0.836. The molecule has 1 aromatic rings. The second-order valence-corrected chi connectivity index (χ2v) is 4.31. The quantitative estimate of drug-likeness (QED) is 0.833. The van der Waals surface area contributed by atoms with E-state index >= 15 is 0 Å². The zero-order chi connectivity index (χ0) is 13.2. The third-order valence-corrected chi connectivity index (χ3v) is 3.00. The van der Waals surface area contributed by atoms with Crippen LogP contribution in [0.1, 0.15) is 18.5 Å². The van der Waals surface area contributed by atoms with Gasteiger partial charge in [0.05, 0.1) is 0 Å². The Bertz CT molecular complexity index is 411. The first-order chi connectivity index (χ1) is 8.47. The summed E-state index contributed by atoms with van der Waals surface area (Å²) in [7, 11) is 1.97. The van der Waals surface area contributed by atoms with Crippen LogP contribution in [0.25, 0.3) is 0 Å². The molecule has 0 bridgehead atoms. The first-order valence-corrected chi connectivity index (χ1v) is 5.70. The first-order valence-electron chi connectivity index (χ1n) is 5.70. The van der Waals surface area contributed by atoms with Crippen LogP contribution < -0.4 is 4.74 Å².